The molecule has 170 valence electrons. The van der Waals surface area contributed by atoms with Crippen LogP contribution in [0.2, 0.25) is 0 Å². The topological polar surface area (TPSA) is 89.0 Å². The van der Waals surface area contributed by atoms with E-state index in [-0.39, 0.29) is 11.8 Å². The van der Waals surface area contributed by atoms with Gasteiger partial charge < -0.3 is 20.2 Å². The van der Waals surface area contributed by atoms with Crippen molar-refractivity contribution in [1.82, 2.24) is 0 Å². The number of rotatable bonds is 9. The minimum Gasteiger partial charge on any atom is -0.489 e. The molecule has 1 unspecified atom stereocenters. The maximum Gasteiger partial charge on any atom is 0.267 e. The summed E-state index contributed by atoms with van der Waals surface area (Å²) >= 11 is 0. The highest BCUT2D eigenvalue weighted by Crippen LogP contribution is 2.18. The third-order valence-corrected chi connectivity index (χ3v) is 4.71. The van der Waals surface area contributed by atoms with E-state index in [2.05, 4.69) is 15.8 Å². The highest BCUT2D eigenvalue weighted by Gasteiger charge is 2.15. The van der Waals surface area contributed by atoms with Gasteiger partial charge in [0.1, 0.15) is 12.4 Å². The lowest BCUT2D eigenvalue weighted by Gasteiger charge is -2.12. The Kier molecular flexibility index (Phi) is 8.18. The second-order valence-corrected chi connectivity index (χ2v) is 7.47. The first-order valence-corrected chi connectivity index (χ1v) is 10.6. The maximum absolute atomic E-state index is 12.4. The van der Waals surface area contributed by atoms with Crippen LogP contribution in [0.25, 0.3) is 0 Å². The Labute approximate surface area is 193 Å². The van der Waals surface area contributed by atoms with Gasteiger partial charge in [0.05, 0.1) is 5.71 Å². The standard InChI is InChI=1S/C26H27N3O4/c1-18(22-9-11-23(12-10-22)27-20(3)30)29-33-19(2)26(31)28-24-13-15-25(16-14-24)32-17-21-7-5-4-6-8-21/h4-16,19H,17H2,1-3H3,(H,27,30)(H,28,31)/b29-18+. The minimum absolute atomic E-state index is 0.134. The monoisotopic (exact) mass is 445 g/mol. The van der Waals surface area contributed by atoms with Gasteiger partial charge >= 0.3 is 0 Å². The molecular formula is C26H27N3O4. The molecule has 0 aliphatic rings. The molecule has 7 nitrogen and oxygen atoms in total. The van der Waals surface area contributed by atoms with Crippen molar-refractivity contribution in [2.45, 2.75) is 33.5 Å². The summed E-state index contributed by atoms with van der Waals surface area (Å²) in [7, 11) is 0. The summed E-state index contributed by atoms with van der Waals surface area (Å²) in [5.41, 5.74) is 3.85. The molecule has 2 N–H and O–H groups in total. The van der Waals surface area contributed by atoms with Gasteiger partial charge in [0, 0.05) is 18.3 Å². The molecule has 0 radical (unpaired) electrons. The van der Waals surface area contributed by atoms with Gasteiger partial charge in [-0.15, -0.1) is 0 Å². The van der Waals surface area contributed by atoms with Crippen molar-refractivity contribution in [3.63, 3.8) is 0 Å². The van der Waals surface area contributed by atoms with Gasteiger partial charge in [0.15, 0.2) is 0 Å². The zero-order valence-corrected chi connectivity index (χ0v) is 18.9. The zero-order valence-electron chi connectivity index (χ0n) is 18.9. The number of hydrogen-bond acceptors (Lipinski definition) is 5. The van der Waals surface area contributed by atoms with Crippen molar-refractivity contribution < 1.29 is 19.2 Å². The average Bonchev–Trinajstić information content (AvgIpc) is 2.82. The fourth-order valence-electron chi connectivity index (χ4n) is 2.88. The van der Waals surface area contributed by atoms with E-state index in [1.165, 1.54) is 6.92 Å². The SMILES string of the molecule is CC(=O)Nc1ccc(/C(C)=N/OC(C)C(=O)Nc2ccc(OCc3ccccc3)cc2)cc1. The van der Waals surface area contributed by atoms with Crippen LogP contribution >= 0.6 is 0 Å². The van der Waals surface area contributed by atoms with Gasteiger partial charge in [-0.2, -0.15) is 0 Å². The van der Waals surface area contributed by atoms with Crippen LogP contribution in [0.4, 0.5) is 11.4 Å². The molecule has 7 heteroatoms. The molecule has 0 aromatic heterocycles. The molecule has 0 bridgehead atoms. The van der Waals surface area contributed by atoms with Crippen molar-refractivity contribution in [2.75, 3.05) is 10.6 Å². The first kappa shape index (κ1) is 23.5. The molecule has 0 aliphatic heterocycles. The molecule has 3 aromatic rings. The van der Waals surface area contributed by atoms with Crippen molar-refractivity contribution in [1.29, 1.82) is 0 Å². The van der Waals surface area contributed by atoms with E-state index >= 15 is 0 Å². The highest BCUT2D eigenvalue weighted by molar-refractivity contribution is 5.99. The van der Waals surface area contributed by atoms with E-state index in [0.29, 0.717) is 29.4 Å². The number of nitrogens with one attached hydrogen (secondary N) is 2. The lowest BCUT2D eigenvalue weighted by atomic mass is 10.1. The molecule has 0 fully saturated rings. The molecule has 0 aliphatic carbocycles. The molecule has 3 aromatic carbocycles. The van der Waals surface area contributed by atoms with E-state index < -0.39 is 6.10 Å². The first-order chi connectivity index (χ1) is 15.9. The Hall–Kier alpha value is -4.13. The Balaban J connectivity index is 1.48. The second kappa shape index (κ2) is 11.5. The molecule has 0 spiro atoms. The zero-order chi connectivity index (χ0) is 23.6. The highest BCUT2D eigenvalue weighted by atomic mass is 16.6. The van der Waals surface area contributed by atoms with Gasteiger partial charge in [-0.05, 0) is 61.4 Å². The Bertz CT molecular complexity index is 1090. The third kappa shape index (κ3) is 7.50. The maximum atomic E-state index is 12.4. The quantitative estimate of drug-likeness (QED) is 0.359. The van der Waals surface area contributed by atoms with Gasteiger partial charge in [-0.1, -0.05) is 47.6 Å². The molecule has 33 heavy (non-hydrogen) atoms. The number of ether oxygens (including phenoxy) is 1. The van der Waals surface area contributed by atoms with Crippen LogP contribution in [0.3, 0.4) is 0 Å². The lowest BCUT2D eigenvalue weighted by Crippen LogP contribution is -2.26. The van der Waals surface area contributed by atoms with E-state index in [0.717, 1.165) is 11.1 Å². The fraction of sp³-hybridized carbons (Fsp3) is 0.192. The lowest BCUT2D eigenvalue weighted by molar-refractivity contribution is -0.126. The van der Waals surface area contributed by atoms with Crippen molar-refractivity contribution in [3.8, 4) is 5.75 Å². The number of nitrogens with zero attached hydrogens (tertiary/aromatic N) is 1. The molecule has 0 heterocycles. The van der Waals surface area contributed by atoms with Crippen LogP contribution in [-0.4, -0.2) is 23.6 Å². The molecule has 3 rings (SSSR count). The second-order valence-electron chi connectivity index (χ2n) is 7.47. The largest absolute Gasteiger partial charge is 0.489 e. The smallest absolute Gasteiger partial charge is 0.267 e. The van der Waals surface area contributed by atoms with Gasteiger partial charge in [-0.25, -0.2) is 0 Å². The predicted octanol–water partition coefficient (Wildman–Crippen LogP) is 4.99. The number of amides is 2. The molecular weight excluding hydrogens is 418 g/mol. The van der Waals surface area contributed by atoms with E-state index in [9.17, 15) is 9.59 Å². The fourth-order valence-corrected chi connectivity index (χ4v) is 2.88. The van der Waals surface area contributed by atoms with Crippen molar-refractivity contribution in [2.24, 2.45) is 5.16 Å². The van der Waals surface area contributed by atoms with E-state index in [1.54, 1.807) is 50.2 Å². The summed E-state index contributed by atoms with van der Waals surface area (Å²) < 4.78 is 5.76. The third-order valence-electron chi connectivity index (χ3n) is 4.71. The Morgan fingerprint density at radius 3 is 2.09 bits per heavy atom. The van der Waals surface area contributed by atoms with Crippen molar-refractivity contribution in [3.05, 3.63) is 90.0 Å². The van der Waals surface area contributed by atoms with Crippen LogP contribution in [0, 0.1) is 0 Å². The average molecular weight is 446 g/mol. The number of oxime groups is 1. The Morgan fingerprint density at radius 1 is 0.848 bits per heavy atom. The number of hydrogen-bond donors (Lipinski definition) is 2. The number of carbonyl (C=O) groups is 2. The van der Waals surface area contributed by atoms with Gasteiger partial charge in [-0.3, -0.25) is 9.59 Å². The number of benzene rings is 3. The molecule has 1 atom stereocenters. The summed E-state index contributed by atoms with van der Waals surface area (Å²) in [4.78, 5) is 28.9. The summed E-state index contributed by atoms with van der Waals surface area (Å²) in [5, 5.41) is 9.57. The normalized spacial score (nSPS) is 11.9. The van der Waals surface area contributed by atoms with Crippen LogP contribution in [-0.2, 0) is 21.0 Å². The predicted molar refractivity (Wildman–Crippen MR) is 129 cm³/mol. The van der Waals surface area contributed by atoms with Gasteiger partial charge in [0.2, 0.25) is 12.0 Å². The summed E-state index contributed by atoms with van der Waals surface area (Å²) in [6, 6.07) is 24.2. The van der Waals surface area contributed by atoms with Gasteiger partial charge in [0.25, 0.3) is 5.91 Å². The first-order valence-electron chi connectivity index (χ1n) is 10.6. The van der Waals surface area contributed by atoms with Crippen LogP contribution < -0.4 is 15.4 Å². The van der Waals surface area contributed by atoms with Crippen LogP contribution in [0.15, 0.2) is 84.0 Å². The van der Waals surface area contributed by atoms with E-state index in [1.807, 2.05) is 42.5 Å². The molecule has 0 saturated carbocycles. The summed E-state index contributed by atoms with van der Waals surface area (Å²) in [6.07, 6.45) is -0.785. The number of anilines is 2. The van der Waals surface area contributed by atoms with Crippen LogP contribution in [0.1, 0.15) is 31.9 Å². The molecule has 0 saturated heterocycles. The minimum atomic E-state index is -0.785. The summed E-state index contributed by atoms with van der Waals surface area (Å²) in [6.45, 7) is 5.34. The van der Waals surface area contributed by atoms with E-state index in [4.69, 9.17) is 9.57 Å². The van der Waals surface area contributed by atoms with Crippen LogP contribution in [0.5, 0.6) is 5.75 Å². The molecule has 2 amide bonds. The number of carbonyl (C=O) groups excluding carboxylic acids is 2. The van der Waals surface area contributed by atoms with Crippen molar-refractivity contribution >= 4 is 28.9 Å². The Morgan fingerprint density at radius 2 is 1.45 bits per heavy atom. The summed E-state index contributed by atoms with van der Waals surface area (Å²) in [5.74, 6) is 0.266.